The number of carbonyl (C=O) groups is 2. The summed E-state index contributed by atoms with van der Waals surface area (Å²) in [5.41, 5.74) is 2.23. The lowest BCUT2D eigenvalue weighted by Gasteiger charge is -2.34. The molecule has 0 spiro atoms. The van der Waals surface area contributed by atoms with Gasteiger partial charge in [-0.25, -0.2) is 5.01 Å². The van der Waals surface area contributed by atoms with Crippen LogP contribution in [0.4, 0.5) is 0 Å². The fraction of sp³-hybridized carbons (Fsp3) is 0.483. The van der Waals surface area contributed by atoms with Crippen molar-refractivity contribution in [2.45, 2.75) is 44.7 Å². The van der Waals surface area contributed by atoms with Gasteiger partial charge in [-0.15, -0.1) is 0 Å². The van der Waals surface area contributed by atoms with Crippen molar-refractivity contribution in [2.75, 3.05) is 48.1 Å². The van der Waals surface area contributed by atoms with Gasteiger partial charge in [0.15, 0.2) is 0 Å². The fourth-order valence-corrected chi connectivity index (χ4v) is 5.21. The number of ether oxygens (including phenoxy) is 5. The summed E-state index contributed by atoms with van der Waals surface area (Å²) in [6.07, 6.45) is 2.92. The summed E-state index contributed by atoms with van der Waals surface area (Å²) in [6, 6.07) is 10.1. The Morgan fingerprint density at radius 3 is 2.33 bits per heavy atom. The summed E-state index contributed by atoms with van der Waals surface area (Å²) < 4.78 is 27.4. The number of methoxy groups -OCH3 is 4. The van der Waals surface area contributed by atoms with E-state index in [0.29, 0.717) is 54.7 Å². The number of nitrogens with zero attached hydrogens (tertiary/aromatic N) is 3. The third kappa shape index (κ3) is 6.11. The van der Waals surface area contributed by atoms with Crippen molar-refractivity contribution in [1.29, 1.82) is 0 Å². The molecule has 39 heavy (non-hydrogen) atoms. The van der Waals surface area contributed by atoms with Crippen LogP contribution >= 0.6 is 0 Å². The molecule has 1 amide bonds. The van der Waals surface area contributed by atoms with Gasteiger partial charge in [0, 0.05) is 23.6 Å². The van der Waals surface area contributed by atoms with E-state index in [0.717, 1.165) is 24.0 Å². The minimum absolute atomic E-state index is 0.0444. The smallest absolute Gasteiger partial charge is 0.323 e. The molecule has 2 aromatic carbocycles. The highest BCUT2D eigenvalue weighted by atomic mass is 16.5. The van der Waals surface area contributed by atoms with Crippen molar-refractivity contribution in [3.63, 3.8) is 0 Å². The number of carbonyl (C=O) groups excluding carboxylic acids is 2. The predicted octanol–water partition coefficient (Wildman–Crippen LogP) is 3.82. The molecule has 2 aliphatic heterocycles. The molecule has 0 saturated carbocycles. The quantitative estimate of drug-likeness (QED) is 0.421. The topological polar surface area (TPSA) is 99.1 Å². The number of piperidine rings is 1. The first-order valence-electron chi connectivity index (χ1n) is 13.2. The largest absolute Gasteiger partial charge is 0.497 e. The number of benzene rings is 2. The molecular weight excluding hydrogens is 502 g/mol. The summed E-state index contributed by atoms with van der Waals surface area (Å²) in [5, 5.41) is 6.33. The Labute approximate surface area is 229 Å². The Kier molecular flexibility index (Phi) is 9.29. The second-order valence-corrected chi connectivity index (χ2v) is 9.41. The van der Waals surface area contributed by atoms with E-state index in [2.05, 4.69) is 0 Å². The van der Waals surface area contributed by atoms with Gasteiger partial charge in [-0.1, -0.05) is 6.42 Å². The minimum atomic E-state index is -0.449. The van der Waals surface area contributed by atoms with Crippen LogP contribution in [0.1, 0.15) is 49.8 Å². The molecule has 0 aliphatic carbocycles. The molecule has 0 N–H and O–H groups in total. The molecule has 10 heteroatoms. The van der Waals surface area contributed by atoms with E-state index < -0.39 is 12.1 Å². The van der Waals surface area contributed by atoms with Gasteiger partial charge in [0.1, 0.15) is 29.0 Å². The van der Waals surface area contributed by atoms with Crippen molar-refractivity contribution in [3.8, 4) is 23.0 Å². The first-order chi connectivity index (χ1) is 18.9. The Morgan fingerprint density at radius 2 is 1.64 bits per heavy atom. The molecule has 210 valence electrons. The number of rotatable bonds is 10. The van der Waals surface area contributed by atoms with E-state index in [1.807, 2.05) is 35.2 Å². The van der Waals surface area contributed by atoms with E-state index in [1.54, 1.807) is 41.4 Å². The molecule has 4 rings (SSSR count). The zero-order valence-corrected chi connectivity index (χ0v) is 23.3. The number of esters is 1. The van der Waals surface area contributed by atoms with Gasteiger partial charge >= 0.3 is 5.97 Å². The van der Waals surface area contributed by atoms with Gasteiger partial charge in [-0.3, -0.25) is 14.5 Å². The maximum atomic E-state index is 13.9. The van der Waals surface area contributed by atoms with Crippen molar-refractivity contribution in [2.24, 2.45) is 5.10 Å². The van der Waals surface area contributed by atoms with Crippen LogP contribution < -0.4 is 18.9 Å². The second-order valence-electron chi connectivity index (χ2n) is 9.41. The van der Waals surface area contributed by atoms with Crippen LogP contribution in [-0.2, 0) is 14.3 Å². The highest BCUT2D eigenvalue weighted by Crippen LogP contribution is 2.41. The zero-order valence-electron chi connectivity index (χ0n) is 23.3. The molecule has 0 unspecified atom stereocenters. The highest BCUT2D eigenvalue weighted by molar-refractivity contribution is 6.05. The lowest BCUT2D eigenvalue weighted by Crippen LogP contribution is -2.49. The lowest BCUT2D eigenvalue weighted by atomic mass is 9.96. The van der Waals surface area contributed by atoms with Crippen molar-refractivity contribution >= 4 is 17.6 Å². The number of amides is 1. The predicted molar refractivity (Wildman–Crippen MR) is 146 cm³/mol. The summed E-state index contributed by atoms with van der Waals surface area (Å²) in [7, 11) is 6.37. The van der Waals surface area contributed by atoms with Gasteiger partial charge < -0.3 is 23.7 Å². The first-order valence-corrected chi connectivity index (χ1v) is 13.2. The molecule has 2 heterocycles. The summed E-state index contributed by atoms with van der Waals surface area (Å²) >= 11 is 0. The molecule has 2 aromatic rings. The van der Waals surface area contributed by atoms with Crippen LogP contribution in [0, 0.1) is 0 Å². The molecule has 0 aromatic heterocycles. The van der Waals surface area contributed by atoms with E-state index >= 15 is 0 Å². The number of likely N-dealkylation sites (tertiary alicyclic amines) is 1. The molecule has 1 fully saturated rings. The summed E-state index contributed by atoms with van der Waals surface area (Å²) in [6.45, 7) is 2.77. The third-order valence-corrected chi connectivity index (χ3v) is 7.19. The average Bonchev–Trinajstić information content (AvgIpc) is 3.42. The normalized spacial score (nSPS) is 19.3. The summed E-state index contributed by atoms with van der Waals surface area (Å²) in [5.74, 6) is 2.01. The number of hydrazone groups is 1. The van der Waals surface area contributed by atoms with E-state index in [1.165, 1.54) is 5.01 Å². The van der Waals surface area contributed by atoms with Crippen LogP contribution in [0.25, 0.3) is 0 Å². The third-order valence-electron chi connectivity index (χ3n) is 7.19. The van der Waals surface area contributed by atoms with Crippen molar-refractivity contribution < 1.29 is 33.3 Å². The van der Waals surface area contributed by atoms with Crippen LogP contribution in [-0.4, -0.2) is 81.7 Å². The number of hydrogen-bond donors (Lipinski definition) is 0. The average molecular weight is 540 g/mol. The van der Waals surface area contributed by atoms with Gasteiger partial charge in [-0.05, 0) is 56.6 Å². The molecule has 2 atom stereocenters. The van der Waals surface area contributed by atoms with Crippen LogP contribution in [0.15, 0.2) is 41.5 Å². The maximum absolute atomic E-state index is 13.9. The second kappa shape index (κ2) is 12.8. The molecule has 10 nitrogen and oxygen atoms in total. The zero-order chi connectivity index (χ0) is 27.9. The molecule has 0 radical (unpaired) electrons. The van der Waals surface area contributed by atoms with Gasteiger partial charge in [0.2, 0.25) is 0 Å². The highest BCUT2D eigenvalue weighted by Gasteiger charge is 2.38. The summed E-state index contributed by atoms with van der Waals surface area (Å²) in [4.78, 5) is 28.5. The Morgan fingerprint density at radius 1 is 0.923 bits per heavy atom. The maximum Gasteiger partial charge on any atom is 0.323 e. The first kappa shape index (κ1) is 28.2. The molecule has 2 aliphatic rings. The lowest BCUT2D eigenvalue weighted by molar-refractivity contribution is -0.152. The van der Waals surface area contributed by atoms with Crippen molar-refractivity contribution in [3.05, 3.63) is 47.5 Å². The van der Waals surface area contributed by atoms with E-state index in [9.17, 15) is 9.59 Å². The molecular formula is C29H37N3O7. The van der Waals surface area contributed by atoms with Gasteiger partial charge in [0.25, 0.3) is 5.91 Å². The number of hydrogen-bond acceptors (Lipinski definition) is 9. The van der Waals surface area contributed by atoms with E-state index in [4.69, 9.17) is 28.8 Å². The van der Waals surface area contributed by atoms with Crippen LogP contribution in [0.3, 0.4) is 0 Å². The Balaban J connectivity index is 1.71. The SMILES string of the molecule is CCOC(=O)[C@@H]1CCCCN1CC(=O)N1N=C(c2ccc(OC)cc2OC)C[C@H]1c1cc(OC)ccc1OC. The van der Waals surface area contributed by atoms with Crippen molar-refractivity contribution in [1.82, 2.24) is 9.91 Å². The van der Waals surface area contributed by atoms with Gasteiger partial charge in [-0.2, -0.15) is 5.10 Å². The Bertz CT molecular complexity index is 1220. The molecule has 0 bridgehead atoms. The Hall–Kier alpha value is -3.79. The fourth-order valence-electron chi connectivity index (χ4n) is 5.21. The minimum Gasteiger partial charge on any atom is -0.497 e. The molecule has 1 saturated heterocycles. The van der Waals surface area contributed by atoms with Crippen LogP contribution in [0.2, 0.25) is 0 Å². The monoisotopic (exact) mass is 539 g/mol. The van der Waals surface area contributed by atoms with Gasteiger partial charge in [0.05, 0.1) is 53.3 Å². The standard InChI is InChI=1S/C29H37N3O7/c1-6-39-29(34)24-9-7-8-14-31(24)18-28(33)32-25(22-15-19(35-2)11-13-26(22)37-4)17-23(30-32)21-12-10-20(36-3)16-27(21)38-5/h10-13,15-16,24-25H,6-9,14,17-18H2,1-5H3/t24-,25-/m0/s1. The van der Waals surface area contributed by atoms with E-state index in [-0.39, 0.29) is 18.4 Å². The van der Waals surface area contributed by atoms with Crippen LogP contribution in [0.5, 0.6) is 23.0 Å².